The molecule has 1 N–H and O–H groups in total. The van der Waals surface area contributed by atoms with Crippen molar-refractivity contribution in [3.05, 3.63) is 23.8 Å². The van der Waals surface area contributed by atoms with Gasteiger partial charge in [0.25, 0.3) is 0 Å². The zero-order valence-corrected chi connectivity index (χ0v) is 13.4. The number of benzene rings is 1. The minimum atomic E-state index is -0.694. The Labute approximate surface area is 131 Å². The summed E-state index contributed by atoms with van der Waals surface area (Å²) in [4.78, 5) is 13.2. The molecule has 0 radical (unpaired) electrons. The number of likely N-dealkylation sites (tertiary alicyclic amines) is 1. The molecule has 1 unspecified atom stereocenters. The summed E-state index contributed by atoms with van der Waals surface area (Å²) in [5.74, 6) is 0.575. The lowest BCUT2D eigenvalue weighted by Crippen LogP contribution is -2.22. The van der Waals surface area contributed by atoms with Crippen LogP contribution in [-0.4, -0.2) is 42.8 Å². The molecule has 1 fully saturated rings. The molecule has 122 valence electrons. The van der Waals surface area contributed by atoms with Crippen molar-refractivity contribution >= 4 is 5.97 Å². The Balaban J connectivity index is 1.99. The third-order valence-electron chi connectivity index (χ3n) is 4.01. The second kappa shape index (κ2) is 8.03. The van der Waals surface area contributed by atoms with E-state index in [0.29, 0.717) is 13.2 Å². The number of methoxy groups -OCH3 is 1. The molecule has 2 rings (SSSR count). The van der Waals surface area contributed by atoms with Gasteiger partial charge in [0, 0.05) is 13.1 Å². The molecule has 1 aliphatic heterocycles. The summed E-state index contributed by atoms with van der Waals surface area (Å²) in [7, 11) is 1.64. The molecule has 1 aromatic rings. The van der Waals surface area contributed by atoms with Crippen LogP contribution >= 0.6 is 0 Å². The van der Waals surface area contributed by atoms with Crippen LogP contribution in [0.2, 0.25) is 0 Å². The lowest BCUT2D eigenvalue weighted by atomic mass is 10.1. The Hall–Kier alpha value is -1.75. The van der Waals surface area contributed by atoms with Crippen molar-refractivity contribution in [2.45, 2.75) is 32.7 Å². The molecule has 1 atom stereocenters. The quantitative estimate of drug-likeness (QED) is 0.748. The van der Waals surface area contributed by atoms with Crippen LogP contribution in [0.3, 0.4) is 0 Å². The molecule has 22 heavy (non-hydrogen) atoms. The Morgan fingerprint density at radius 1 is 1.41 bits per heavy atom. The number of carboxylic acid groups (broad SMARTS) is 1. The van der Waals surface area contributed by atoms with E-state index in [2.05, 4.69) is 11.8 Å². The summed E-state index contributed by atoms with van der Waals surface area (Å²) < 4.78 is 11.1. The van der Waals surface area contributed by atoms with Crippen molar-refractivity contribution in [2.75, 3.05) is 26.8 Å². The number of carboxylic acids is 1. The van der Waals surface area contributed by atoms with E-state index in [-0.39, 0.29) is 5.92 Å². The first-order valence-corrected chi connectivity index (χ1v) is 7.89. The van der Waals surface area contributed by atoms with Crippen LogP contribution < -0.4 is 9.47 Å². The number of rotatable bonds is 8. The fourth-order valence-electron chi connectivity index (χ4n) is 2.69. The van der Waals surface area contributed by atoms with Gasteiger partial charge >= 0.3 is 5.97 Å². The van der Waals surface area contributed by atoms with Crippen molar-refractivity contribution in [2.24, 2.45) is 5.92 Å². The van der Waals surface area contributed by atoms with E-state index in [1.165, 1.54) is 0 Å². The van der Waals surface area contributed by atoms with Crippen molar-refractivity contribution in [1.29, 1.82) is 0 Å². The summed E-state index contributed by atoms with van der Waals surface area (Å²) in [5.41, 5.74) is 1.12. The van der Waals surface area contributed by atoms with E-state index in [1.54, 1.807) is 7.11 Å². The first-order valence-electron chi connectivity index (χ1n) is 7.89. The summed E-state index contributed by atoms with van der Waals surface area (Å²) in [5, 5.41) is 9.07. The fourth-order valence-corrected chi connectivity index (χ4v) is 2.69. The summed E-state index contributed by atoms with van der Waals surface area (Å²) in [6, 6.07) is 5.93. The van der Waals surface area contributed by atoms with Gasteiger partial charge in [0.15, 0.2) is 11.5 Å². The first-order chi connectivity index (χ1) is 10.6. The Morgan fingerprint density at radius 2 is 2.23 bits per heavy atom. The van der Waals surface area contributed by atoms with Gasteiger partial charge in [0.1, 0.15) is 0 Å². The molecule has 0 amide bonds. The number of nitrogens with zero attached hydrogens (tertiary/aromatic N) is 1. The van der Waals surface area contributed by atoms with Gasteiger partial charge in [-0.25, -0.2) is 0 Å². The molecule has 0 bridgehead atoms. The van der Waals surface area contributed by atoms with Gasteiger partial charge in [0.05, 0.1) is 19.6 Å². The van der Waals surface area contributed by atoms with E-state index in [9.17, 15) is 4.79 Å². The monoisotopic (exact) mass is 307 g/mol. The molecule has 1 heterocycles. The average Bonchev–Trinajstić information content (AvgIpc) is 2.97. The number of hydrogen-bond donors (Lipinski definition) is 1. The van der Waals surface area contributed by atoms with Crippen LogP contribution in [0.15, 0.2) is 18.2 Å². The maximum Gasteiger partial charge on any atom is 0.307 e. The molecule has 0 saturated carbocycles. The standard InChI is InChI=1S/C17H25NO4/c1-3-4-9-22-16-10-13(5-6-15(16)21-2)11-18-8-7-14(12-18)17(19)20/h5-6,10,14H,3-4,7-9,11-12H2,1-2H3,(H,19,20). The minimum Gasteiger partial charge on any atom is -0.493 e. The van der Waals surface area contributed by atoms with Crippen LogP contribution in [0.5, 0.6) is 11.5 Å². The number of aliphatic carboxylic acids is 1. The maximum atomic E-state index is 11.0. The number of unbranched alkanes of at least 4 members (excludes halogenated alkanes) is 1. The third kappa shape index (κ3) is 4.37. The van der Waals surface area contributed by atoms with Crippen LogP contribution in [0, 0.1) is 5.92 Å². The summed E-state index contributed by atoms with van der Waals surface area (Å²) in [6.07, 6.45) is 2.83. The largest absolute Gasteiger partial charge is 0.493 e. The molecule has 0 aromatic heterocycles. The van der Waals surface area contributed by atoms with Gasteiger partial charge in [-0.05, 0) is 37.1 Å². The lowest BCUT2D eigenvalue weighted by Gasteiger charge is -2.17. The first kappa shape index (κ1) is 16.6. The SMILES string of the molecule is CCCCOc1cc(CN2CCC(C(=O)O)C2)ccc1OC. The highest BCUT2D eigenvalue weighted by atomic mass is 16.5. The lowest BCUT2D eigenvalue weighted by molar-refractivity contribution is -0.141. The normalized spacial score (nSPS) is 18.4. The highest BCUT2D eigenvalue weighted by molar-refractivity contribution is 5.70. The van der Waals surface area contributed by atoms with Crippen molar-refractivity contribution < 1.29 is 19.4 Å². The van der Waals surface area contributed by atoms with Crippen molar-refractivity contribution in [3.63, 3.8) is 0 Å². The van der Waals surface area contributed by atoms with Crippen LogP contribution in [0.4, 0.5) is 0 Å². The van der Waals surface area contributed by atoms with E-state index in [4.69, 9.17) is 14.6 Å². The molecular formula is C17H25NO4. The fraction of sp³-hybridized carbons (Fsp3) is 0.588. The van der Waals surface area contributed by atoms with Gasteiger partial charge in [-0.3, -0.25) is 9.69 Å². The minimum absolute atomic E-state index is 0.237. The smallest absolute Gasteiger partial charge is 0.307 e. The van der Waals surface area contributed by atoms with Gasteiger partial charge in [-0.1, -0.05) is 19.4 Å². The molecule has 1 saturated heterocycles. The van der Waals surface area contributed by atoms with Crippen LogP contribution in [0.25, 0.3) is 0 Å². The molecule has 1 aromatic carbocycles. The van der Waals surface area contributed by atoms with Crippen molar-refractivity contribution in [1.82, 2.24) is 4.90 Å². The molecule has 1 aliphatic rings. The Morgan fingerprint density at radius 3 is 2.86 bits per heavy atom. The Bertz CT molecular complexity index is 503. The zero-order chi connectivity index (χ0) is 15.9. The second-order valence-corrected chi connectivity index (χ2v) is 5.75. The van der Waals surface area contributed by atoms with E-state index in [1.807, 2.05) is 18.2 Å². The predicted molar refractivity (Wildman–Crippen MR) is 84.4 cm³/mol. The average molecular weight is 307 g/mol. The van der Waals surface area contributed by atoms with Crippen LogP contribution in [0.1, 0.15) is 31.7 Å². The molecular weight excluding hydrogens is 282 g/mol. The second-order valence-electron chi connectivity index (χ2n) is 5.75. The van der Waals surface area contributed by atoms with Gasteiger partial charge in [0.2, 0.25) is 0 Å². The molecule has 0 spiro atoms. The highest BCUT2D eigenvalue weighted by Gasteiger charge is 2.27. The van der Waals surface area contributed by atoms with E-state index < -0.39 is 5.97 Å². The maximum absolute atomic E-state index is 11.0. The zero-order valence-electron chi connectivity index (χ0n) is 13.4. The highest BCUT2D eigenvalue weighted by Crippen LogP contribution is 2.29. The van der Waals surface area contributed by atoms with Gasteiger partial charge in [-0.2, -0.15) is 0 Å². The topological polar surface area (TPSA) is 59.0 Å². The molecule has 5 nitrogen and oxygen atoms in total. The Kier molecular flexibility index (Phi) is 6.07. The van der Waals surface area contributed by atoms with E-state index in [0.717, 1.165) is 49.4 Å². The third-order valence-corrected chi connectivity index (χ3v) is 4.01. The summed E-state index contributed by atoms with van der Waals surface area (Å²) >= 11 is 0. The van der Waals surface area contributed by atoms with Gasteiger partial charge in [-0.15, -0.1) is 0 Å². The number of carbonyl (C=O) groups is 1. The summed E-state index contributed by atoms with van der Waals surface area (Å²) in [6.45, 7) is 5.00. The molecule has 5 heteroatoms. The molecule has 0 aliphatic carbocycles. The van der Waals surface area contributed by atoms with Crippen LogP contribution in [-0.2, 0) is 11.3 Å². The number of hydrogen-bond acceptors (Lipinski definition) is 4. The van der Waals surface area contributed by atoms with Crippen molar-refractivity contribution in [3.8, 4) is 11.5 Å². The van der Waals surface area contributed by atoms with Gasteiger partial charge < -0.3 is 14.6 Å². The van der Waals surface area contributed by atoms with E-state index >= 15 is 0 Å². The number of ether oxygens (including phenoxy) is 2. The predicted octanol–water partition coefficient (Wildman–Crippen LogP) is 2.78.